The number of carbonyl (C=O) groups excluding carboxylic acids is 4. The van der Waals surface area contributed by atoms with Crippen LogP contribution in [-0.2, 0) is 19.1 Å². The van der Waals surface area contributed by atoms with Gasteiger partial charge in [-0.1, -0.05) is 49.6 Å². The molecule has 2 atom stereocenters. The van der Waals surface area contributed by atoms with Crippen molar-refractivity contribution >= 4 is 29.5 Å². The van der Waals surface area contributed by atoms with Gasteiger partial charge in [-0.15, -0.1) is 0 Å². The molecule has 10 heteroatoms. The Kier molecular flexibility index (Phi) is 12.6. The molecule has 0 fully saturated rings. The number of rotatable bonds is 14. The van der Waals surface area contributed by atoms with Crippen LogP contribution in [0.5, 0.6) is 5.75 Å². The summed E-state index contributed by atoms with van der Waals surface area (Å²) in [4.78, 5) is 54.0. The minimum atomic E-state index is -1.14. The number of methoxy groups -OCH3 is 1. The summed E-state index contributed by atoms with van der Waals surface area (Å²) in [6.45, 7) is 9.33. The Morgan fingerprint density at radius 1 is 1.02 bits per heavy atom. The van der Waals surface area contributed by atoms with Gasteiger partial charge in [0.15, 0.2) is 0 Å². The summed E-state index contributed by atoms with van der Waals surface area (Å²) < 4.78 is 10.6. The third-order valence-electron chi connectivity index (χ3n) is 6.23. The van der Waals surface area contributed by atoms with E-state index >= 15 is 0 Å². The van der Waals surface area contributed by atoms with Crippen LogP contribution >= 0.6 is 0 Å². The number of nitrogens with two attached hydrogens (primary N) is 1. The molecule has 2 unspecified atom stereocenters. The largest absolute Gasteiger partial charge is 0.497 e. The maximum atomic E-state index is 14.2. The second kappa shape index (κ2) is 15.6. The summed E-state index contributed by atoms with van der Waals surface area (Å²) in [5.74, 6) is -0.903. The van der Waals surface area contributed by atoms with E-state index < -0.39 is 41.5 Å². The molecule has 0 aliphatic carbocycles. The Labute approximate surface area is 242 Å². The monoisotopic (exact) mass is 568 g/mol. The molecule has 0 heterocycles. The van der Waals surface area contributed by atoms with Crippen molar-refractivity contribution in [1.82, 2.24) is 10.2 Å². The number of benzene rings is 2. The maximum absolute atomic E-state index is 14.2. The molecule has 0 aromatic heterocycles. The van der Waals surface area contributed by atoms with Crippen LogP contribution < -0.4 is 21.1 Å². The van der Waals surface area contributed by atoms with E-state index in [1.54, 1.807) is 58.2 Å². The van der Waals surface area contributed by atoms with Crippen LogP contribution in [0.3, 0.4) is 0 Å². The molecule has 0 aliphatic rings. The van der Waals surface area contributed by atoms with E-state index in [-0.39, 0.29) is 19.4 Å². The average Bonchev–Trinajstić information content (AvgIpc) is 2.89. The van der Waals surface area contributed by atoms with Crippen LogP contribution in [0.4, 0.5) is 10.5 Å². The fraction of sp³-hybridized carbons (Fsp3) is 0.484. The van der Waals surface area contributed by atoms with E-state index in [1.165, 1.54) is 4.90 Å². The molecule has 224 valence electrons. The molecule has 0 radical (unpaired) electrons. The van der Waals surface area contributed by atoms with Gasteiger partial charge in [0, 0.05) is 18.7 Å². The third-order valence-corrected chi connectivity index (χ3v) is 6.23. The molecule has 2 aromatic carbocycles. The van der Waals surface area contributed by atoms with Gasteiger partial charge in [0.2, 0.25) is 11.8 Å². The first-order valence-electron chi connectivity index (χ1n) is 13.9. The van der Waals surface area contributed by atoms with E-state index in [4.69, 9.17) is 15.2 Å². The van der Waals surface area contributed by atoms with E-state index in [9.17, 15) is 19.2 Å². The molecule has 2 rings (SSSR count). The summed E-state index contributed by atoms with van der Waals surface area (Å²) >= 11 is 0. The predicted molar refractivity (Wildman–Crippen MR) is 158 cm³/mol. The van der Waals surface area contributed by atoms with Crippen LogP contribution in [-0.4, -0.2) is 54.0 Å². The van der Waals surface area contributed by atoms with E-state index in [0.29, 0.717) is 23.4 Å². The molecule has 0 spiro atoms. The smallest absolute Gasteiger partial charge is 0.408 e. The molecule has 0 saturated heterocycles. The molecule has 0 saturated carbocycles. The second-order valence-electron chi connectivity index (χ2n) is 11.0. The van der Waals surface area contributed by atoms with E-state index in [1.807, 2.05) is 32.0 Å². The fourth-order valence-corrected chi connectivity index (χ4v) is 4.29. The third kappa shape index (κ3) is 11.1. The molecule has 41 heavy (non-hydrogen) atoms. The van der Waals surface area contributed by atoms with Gasteiger partial charge in [-0.3, -0.25) is 14.4 Å². The Balaban J connectivity index is 2.53. The summed E-state index contributed by atoms with van der Waals surface area (Å²) in [5.41, 5.74) is 6.66. The number of hydrogen-bond donors (Lipinski definition) is 3. The molecule has 0 aliphatic heterocycles. The highest BCUT2D eigenvalue weighted by atomic mass is 16.6. The Morgan fingerprint density at radius 3 is 2.27 bits per heavy atom. The molecule has 2 aromatic rings. The standard InChI is InChI=1S/C31H44N4O6/c1-7-8-9-19-35(29(38)25(17-18-26(32)36)34-30(39)41-31(3,4)5)27(22-12-10-11-21(2)20-22)28(37)33-23-13-15-24(40-6)16-14-23/h10-16,20,25,27H,7-9,17-19H2,1-6H3,(H2,32,36)(H,33,37)(H,34,39). The van der Waals surface area contributed by atoms with Gasteiger partial charge in [0.1, 0.15) is 23.4 Å². The van der Waals surface area contributed by atoms with Crippen molar-refractivity contribution < 1.29 is 28.7 Å². The van der Waals surface area contributed by atoms with Gasteiger partial charge in [-0.25, -0.2) is 4.79 Å². The number of hydrogen-bond acceptors (Lipinski definition) is 6. The van der Waals surface area contributed by atoms with Crippen molar-refractivity contribution in [1.29, 1.82) is 0 Å². The average molecular weight is 569 g/mol. The van der Waals surface area contributed by atoms with Crippen molar-refractivity contribution in [3.05, 3.63) is 59.7 Å². The Morgan fingerprint density at radius 2 is 1.71 bits per heavy atom. The van der Waals surface area contributed by atoms with E-state index in [2.05, 4.69) is 10.6 Å². The topological polar surface area (TPSA) is 140 Å². The lowest BCUT2D eigenvalue weighted by Gasteiger charge is -2.34. The number of nitrogens with zero attached hydrogens (tertiary/aromatic N) is 1. The quantitative estimate of drug-likeness (QED) is 0.278. The van der Waals surface area contributed by atoms with Gasteiger partial charge < -0.3 is 30.7 Å². The molecule has 4 N–H and O–H groups in total. The first-order chi connectivity index (χ1) is 19.3. The highest BCUT2D eigenvalue weighted by Crippen LogP contribution is 2.27. The van der Waals surface area contributed by atoms with Gasteiger partial charge >= 0.3 is 6.09 Å². The number of primary amides is 1. The fourth-order valence-electron chi connectivity index (χ4n) is 4.29. The number of aryl methyl sites for hydroxylation is 1. The highest BCUT2D eigenvalue weighted by Gasteiger charge is 2.36. The first-order valence-corrected chi connectivity index (χ1v) is 13.9. The van der Waals surface area contributed by atoms with Crippen molar-refractivity contribution in [2.45, 2.75) is 84.4 Å². The molecule has 4 amide bonds. The predicted octanol–water partition coefficient (Wildman–Crippen LogP) is 4.86. The lowest BCUT2D eigenvalue weighted by atomic mass is 9.99. The Hall–Kier alpha value is -4.08. The van der Waals surface area contributed by atoms with Gasteiger partial charge in [-0.05, 0) is 70.4 Å². The minimum absolute atomic E-state index is 0.0433. The summed E-state index contributed by atoms with van der Waals surface area (Å²) in [6.07, 6.45) is 1.38. The normalized spacial score (nSPS) is 12.5. The molecular weight excluding hydrogens is 524 g/mol. The number of alkyl carbamates (subject to hydrolysis) is 1. The maximum Gasteiger partial charge on any atom is 0.408 e. The molecular formula is C31H44N4O6. The summed E-state index contributed by atoms with van der Waals surface area (Å²) in [5, 5.41) is 5.54. The van der Waals surface area contributed by atoms with Crippen LogP contribution in [0.25, 0.3) is 0 Å². The number of ether oxygens (including phenoxy) is 2. The number of unbranched alkanes of at least 4 members (excludes halogenated alkanes) is 2. The second-order valence-corrected chi connectivity index (χ2v) is 11.0. The van der Waals surface area contributed by atoms with Gasteiger partial charge in [0.25, 0.3) is 5.91 Å². The number of amides is 4. The number of carbonyl (C=O) groups is 4. The summed E-state index contributed by atoms with van der Waals surface area (Å²) in [7, 11) is 1.56. The zero-order valence-corrected chi connectivity index (χ0v) is 25.0. The van der Waals surface area contributed by atoms with Crippen molar-refractivity contribution in [2.75, 3.05) is 19.0 Å². The van der Waals surface area contributed by atoms with Gasteiger partial charge in [-0.2, -0.15) is 0 Å². The zero-order chi connectivity index (χ0) is 30.6. The van der Waals surface area contributed by atoms with Crippen molar-refractivity contribution in [3.63, 3.8) is 0 Å². The zero-order valence-electron chi connectivity index (χ0n) is 25.0. The summed E-state index contributed by atoms with van der Waals surface area (Å²) in [6, 6.07) is 12.1. The first kappa shape index (κ1) is 33.1. The van der Waals surface area contributed by atoms with Crippen molar-refractivity contribution in [3.8, 4) is 5.75 Å². The minimum Gasteiger partial charge on any atom is -0.497 e. The lowest BCUT2D eigenvalue weighted by Crippen LogP contribution is -2.52. The lowest BCUT2D eigenvalue weighted by molar-refractivity contribution is -0.141. The van der Waals surface area contributed by atoms with Crippen LogP contribution in [0.1, 0.15) is 77.0 Å². The SMILES string of the molecule is CCCCCN(C(=O)C(CCC(N)=O)NC(=O)OC(C)(C)C)C(C(=O)Nc1ccc(OC)cc1)c1cccc(C)c1. The molecule has 0 bridgehead atoms. The van der Waals surface area contributed by atoms with Gasteiger partial charge in [0.05, 0.1) is 7.11 Å². The van der Waals surface area contributed by atoms with Crippen LogP contribution in [0.2, 0.25) is 0 Å². The Bertz CT molecular complexity index is 1180. The van der Waals surface area contributed by atoms with Crippen molar-refractivity contribution in [2.24, 2.45) is 5.73 Å². The number of nitrogens with one attached hydrogen (secondary N) is 2. The van der Waals surface area contributed by atoms with Crippen LogP contribution in [0, 0.1) is 6.92 Å². The number of anilines is 1. The highest BCUT2D eigenvalue weighted by molar-refractivity contribution is 5.99. The molecule has 10 nitrogen and oxygen atoms in total. The van der Waals surface area contributed by atoms with Crippen LogP contribution in [0.15, 0.2) is 48.5 Å². The van der Waals surface area contributed by atoms with E-state index in [0.717, 1.165) is 18.4 Å².